The van der Waals surface area contributed by atoms with Gasteiger partial charge in [0.15, 0.2) is 0 Å². The number of carbonyl (C=O) groups is 1. The molecule has 0 aromatic heterocycles. The third-order valence-electron chi connectivity index (χ3n) is 1.41. The summed E-state index contributed by atoms with van der Waals surface area (Å²) in [6.45, 7) is 1.94. The van der Waals surface area contributed by atoms with E-state index in [1.807, 2.05) is 19.1 Å². The Kier molecular flexibility index (Phi) is 3.17. The lowest BCUT2D eigenvalue weighted by Crippen LogP contribution is -1.99. The second kappa shape index (κ2) is 4.16. The first-order valence-electron chi connectivity index (χ1n) is 3.55. The number of hydrogen-bond donors (Lipinski definition) is 0. The molecule has 0 saturated heterocycles. The van der Waals surface area contributed by atoms with Gasteiger partial charge in [0, 0.05) is 6.26 Å². The third-order valence-corrected chi connectivity index (χ3v) is 1.73. The molecule has 0 unspecified atom stereocenters. The van der Waals surface area contributed by atoms with E-state index in [0.29, 0.717) is 5.56 Å². The summed E-state index contributed by atoms with van der Waals surface area (Å²) < 4.78 is 4.76. The maximum absolute atomic E-state index is 11.2. The van der Waals surface area contributed by atoms with Gasteiger partial charge in [-0.1, -0.05) is 17.7 Å². The zero-order chi connectivity index (χ0) is 8.97. The van der Waals surface area contributed by atoms with Crippen molar-refractivity contribution in [2.45, 2.75) is 6.92 Å². The van der Waals surface area contributed by atoms with Crippen LogP contribution in [-0.2, 0) is 4.18 Å². The quantitative estimate of drug-likeness (QED) is 0.657. The van der Waals surface area contributed by atoms with Crippen LogP contribution in [0, 0.1) is 6.92 Å². The van der Waals surface area contributed by atoms with Crippen molar-refractivity contribution in [2.75, 3.05) is 6.26 Å². The number of carbonyl (C=O) groups excluding carboxylic acids is 1. The number of rotatable bonds is 2. The summed E-state index contributed by atoms with van der Waals surface area (Å²) in [5.41, 5.74) is 1.66. The molecule has 2 nitrogen and oxygen atoms in total. The van der Waals surface area contributed by atoms with E-state index < -0.39 is 0 Å². The molecule has 3 heteroatoms. The van der Waals surface area contributed by atoms with Gasteiger partial charge in [-0.25, -0.2) is 4.79 Å². The topological polar surface area (TPSA) is 26.3 Å². The Morgan fingerprint density at radius 2 is 2.25 bits per heavy atom. The van der Waals surface area contributed by atoms with E-state index in [1.165, 1.54) is 0 Å². The van der Waals surface area contributed by atoms with E-state index >= 15 is 0 Å². The maximum atomic E-state index is 11.2. The third kappa shape index (κ3) is 2.27. The van der Waals surface area contributed by atoms with Gasteiger partial charge in [-0.15, -0.1) is 0 Å². The van der Waals surface area contributed by atoms with E-state index in [2.05, 4.69) is 0 Å². The number of hydrogen-bond acceptors (Lipinski definition) is 3. The van der Waals surface area contributed by atoms with Crippen LogP contribution < -0.4 is 0 Å². The van der Waals surface area contributed by atoms with Crippen LogP contribution in [0.1, 0.15) is 15.9 Å². The normalized spacial score (nSPS) is 9.50. The summed E-state index contributed by atoms with van der Waals surface area (Å²) in [4.78, 5) is 11.2. The van der Waals surface area contributed by atoms with Crippen LogP contribution in [-0.4, -0.2) is 12.2 Å². The van der Waals surface area contributed by atoms with Gasteiger partial charge in [-0.3, -0.25) is 0 Å². The minimum Gasteiger partial charge on any atom is -0.388 e. The maximum Gasteiger partial charge on any atom is 0.350 e. The highest BCUT2D eigenvalue weighted by atomic mass is 32.2. The Morgan fingerprint density at radius 3 is 2.83 bits per heavy atom. The Morgan fingerprint density at radius 1 is 1.50 bits per heavy atom. The van der Waals surface area contributed by atoms with Crippen molar-refractivity contribution in [2.24, 2.45) is 0 Å². The van der Waals surface area contributed by atoms with Crippen LogP contribution in [0.2, 0.25) is 0 Å². The highest BCUT2D eigenvalue weighted by Crippen LogP contribution is 2.08. The van der Waals surface area contributed by atoms with Crippen LogP contribution in [0.5, 0.6) is 0 Å². The Bertz CT molecular complexity index is 284. The predicted molar refractivity (Wildman–Crippen MR) is 50.1 cm³/mol. The van der Waals surface area contributed by atoms with Gasteiger partial charge < -0.3 is 4.18 Å². The van der Waals surface area contributed by atoms with Crippen molar-refractivity contribution in [3.05, 3.63) is 35.4 Å². The van der Waals surface area contributed by atoms with E-state index in [0.717, 1.165) is 17.6 Å². The molecule has 0 heterocycles. The van der Waals surface area contributed by atoms with Crippen LogP contribution in [0.4, 0.5) is 0 Å². The molecule has 0 spiro atoms. The lowest BCUT2D eigenvalue weighted by molar-refractivity contribution is 0.0769. The van der Waals surface area contributed by atoms with Crippen molar-refractivity contribution in [3.63, 3.8) is 0 Å². The molecule has 0 fully saturated rings. The number of benzene rings is 1. The van der Waals surface area contributed by atoms with Crippen LogP contribution in [0.25, 0.3) is 0 Å². The van der Waals surface area contributed by atoms with E-state index in [-0.39, 0.29) is 5.97 Å². The standard InChI is InChI=1S/C9H10O2S/c1-7-4-3-5-8(6-7)9(10)11-12-2/h3-6H,1-2H3. The Hall–Kier alpha value is -0.960. The highest BCUT2D eigenvalue weighted by molar-refractivity contribution is 7.94. The van der Waals surface area contributed by atoms with Gasteiger partial charge in [0.2, 0.25) is 0 Å². The number of aryl methyl sites for hydroxylation is 1. The Labute approximate surface area is 76.1 Å². The summed E-state index contributed by atoms with van der Waals surface area (Å²) in [6.07, 6.45) is 1.72. The zero-order valence-electron chi connectivity index (χ0n) is 7.03. The zero-order valence-corrected chi connectivity index (χ0v) is 7.85. The van der Waals surface area contributed by atoms with Gasteiger partial charge in [0.25, 0.3) is 0 Å². The summed E-state index contributed by atoms with van der Waals surface area (Å²) in [5.74, 6) is -0.286. The molecule has 12 heavy (non-hydrogen) atoms. The SMILES string of the molecule is CSOC(=O)c1cccc(C)c1. The Balaban J connectivity index is 2.81. The van der Waals surface area contributed by atoms with Crippen LogP contribution >= 0.6 is 12.0 Å². The molecule has 0 saturated carbocycles. The summed E-state index contributed by atoms with van der Waals surface area (Å²) >= 11 is 1.06. The van der Waals surface area contributed by atoms with Crippen molar-refractivity contribution in [1.29, 1.82) is 0 Å². The molecular formula is C9H10O2S. The molecule has 0 N–H and O–H groups in total. The molecule has 64 valence electrons. The summed E-state index contributed by atoms with van der Waals surface area (Å²) in [5, 5.41) is 0. The molecular weight excluding hydrogens is 172 g/mol. The van der Waals surface area contributed by atoms with Gasteiger partial charge in [-0.05, 0) is 19.1 Å². The molecule has 0 aliphatic carbocycles. The molecule has 0 bridgehead atoms. The first-order valence-corrected chi connectivity index (χ1v) is 4.70. The minimum absolute atomic E-state index is 0.286. The fraction of sp³-hybridized carbons (Fsp3) is 0.222. The second-order valence-corrected chi connectivity index (χ2v) is 2.91. The first-order chi connectivity index (χ1) is 5.74. The van der Waals surface area contributed by atoms with Gasteiger partial charge in [0.05, 0.1) is 17.6 Å². The summed E-state index contributed by atoms with van der Waals surface area (Å²) in [7, 11) is 0. The van der Waals surface area contributed by atoms with Crippen molar-refractivity contribution < 1.29 is 8.98 Å². The van der Waals surface area contributed by atoms with Crippen LogP contribution in [0.15, 0.2) is 24.3 Å². The molecule has 0 aliphatic rings. The van der Waals surface area contributed by atoms with Crippen molar-refractivity contribution in [3.8, 4) is 0 Å². The molecule has 1 aromatic carbocycles. The molecule has 1 aromatic rings. The lowest BCUT2D eigenvalue weighted by Gasteiger charge is -1.99. The van der Waals surface area contributed by atoms with Crippen molar-refractivity contribution >= 4 is 18.0 Å². The molecule has 1 rings (SSSR count). The predicted octanol–water partition coefficient (Wildman–Crippen LogP) is 2.43. The monoisotopic (exact) mass is 182 g/mol. The van der Waals surface area contributed by atoms with Gasteiger partial charge in [-0.2, -0.15) is 0 Å². The largest absolute Gasteiger partial charge is 0.388 e. The molecule has 0 radical (unpaired) electrons. The lowest BCUT2D eigenvalue weighted by atomic mass is 10.1. The highest BCUT2D eigenvalue weighted by Gasteiger charge is 2.05. The molecule has 0 atom stereocenters. The average molecular weight is 182 g/mol. The van der Waals surface area contributed by atoms with Crippen molar-refractivity contribution in [1.82, 2.24) is 0 Å². The fourth-order valence-electron chi connectivity index (χ4n) is 0.896. The first kappa shape index (κ1) is 9.13. The minimum atomic E-state index is -0.286. The molecule has 0 aliphatic heterocycles. The average Bonchev–Trinajstić information content (AvgIpc) is 2.05. The fourth-order valence-corrected chi connectivity index (χ4v) is 1.14. The smallest absolute Gasteiger partial charge is 0.350 e. The van der Waals surface area contributed by atoms with Gasteiger partial charge in [0.1, 0.15) is 0 Å². The van der Waals surface area contributed by atoms with E-state index in [1.54, 1.807) is 18.4 Å². The van der Waals surface area contributed by atoms with E-state index in [9.17, 15) is 4.79 Å². The van der Waals surface area contributed by atoms with Crippen LogP contribution in [0.3, 0.4) is 0 Å². The second-order valence-electron chi connectivity index (χ2n) is 2.41. The summed E-state index contributed by atoms with van der Waals surface area (Å²) in [6, 6.07) is 7.33. The van der Waals surface area contributed by atoms with E-state index in [4.69, 9.17) is 4.18 Å². The van der Waals surface area contributed by atoms with Gasteiger partial charge >= 0.3 is 5.97 Å². The molecule has 0 amide bonds.